The van der Waals surface area contributed by atoms with E-state index in [0.717, 1.165) is 0 Å². The molecule has 0 heterocycles. The maximum atomic E-state index is 2.40. The van der Waals surface area contributed by atoms with E-state index >= 15 is 0 Å². The average Bonchev–Trinajstić information content (AvgIpc) is 2.01. The molecule has 0 aliphatic rings. The summed E-state index contributed by atoms with van der Waals surface area (Å²) >= 11 is 0. The highest BCUT2D eigenvalue weighted by atomic mass is 14.0. The van der Waals surface area contributed by atoms with Crippen LogP contribution in [-0.2, 0) is 0 Å². The Labute approximate surface area is 71.7 Å². The lowest BCUT2D eigenvalue weighted by atomic mass is 10.0. The molecule has 11 heavy (non-hydrogen) atoms. The average molecular weight is 154 g/mol. The standard InChI is InChI=1S/C11H22/c1-4-7-10-11(8-5-2)9-6-3/h8H,4-7,9-10H2,1-3H3/b11-8-. The largest absolute Gasteiger partial charge is 0.0856 e. The minimum Gasteiger partial charge on any atom is -0.0856 e. The third kappa shape index (κ3) is 6.15. The van der Waals surface area contributed by atoms with Crippen molar-refractivity contribution in [3.63, 3.8) is 0 Å². The molecule has 0 aromatic heterocycles. The fourth-order valence-electron chi connectivity index (χ4n) is 1.34. The summed E-state index contributed by atoms with van der Waals surface area (Å²) in [6.45, 7) is 6.74. The molecular weight excluding hydrogens is 132 g/mol. The first-order valence-electron chi connectivity index (χ1n) is 5.03. The number of unbranched alkanes of at least 4 members (excludes halogenated alkanes) is 1. The Kier molecular flexibility index (Phi) is 7.66. The summed E-state index contributed by atoms with van der Waals surface area (Å²) in [6, 6.07) is 0. The van der Waals surface area contributed by atoms with Gasteiger partial charge in [-0.1, -0.05) is 45.3 Å². The van der Waals surface area contributed by atoms with Crippen LogP contribution in [0.1, 0.15) is 59.3 Å². The van der Waals surface area contributed by atoms with Crippen LogP contribution < -0.4 is 0 Å². The van der Waals surface area contributed by atoms with Crippen LogP contribution in [0.2, 0.25) is 0 Å². The molecule has 0 heteroatoms. The summed E-state index contributed by atoms with van der Waals surface area (Å²) in [5, 5.41) is 0. The Hall–Kier alpha value is -0.260. The van der Waals surface area contributed by atoms with E-state index in [0.29, 0.717) is 0 Å². The van der Waals surface area contributed by atoms with Crippen LogP contribution in [0.5, 0.6) is 0 Å². The van der Waals surface area contributed by atoms with E-state index in [1.807, 2.05) is 0 Å². The lowest BCUT2D eigenvalue weighted by molar-refractivity contribution is 0.738. The zero-order chi connectivity index (χ0) is 8.53. The summed E-state index contributed by atoms with van der Waals surface area (Å²) in [5.41, 5.74) is 1.68. The van der Waals surface area contributed by atoms with Crippen LogP contribution in [0.3, 0.4) is 0 Å². The number of rotatable bonds is 6. The van der Waals surface area contributed by atoms with Gasteiger partial charge in [-0.25, -0.2) is 0 Å². The van der Waals surface area contributed by atoms with Crippen molar-refractivity contribution in [2.75, 3.05) is 0 Å². The highest BCUT2D eigenvalue weighted by molar-refractivity contribution is 5.00. The molecule has 0 amide bonds. The van der Waals surface area contributed by atoms with Crippen molar-refractivity contribution in [2.24, 2.45) is 0 Å². The molecule has 0 rings (SSSR count). The van der Waals surface area contributed by atoms with Crippen molar-refractivity contribution < 1.29 is 0 Å². The van der Waals surface area contributed by atoms with Crippen molar-refractivity contribution in [3.8, 4) is 0 Å². The van der Waals surface area contributed by atoms with Crippen LogP contribution in [0.15, 0.2) is 11.6 Å². The van der Waals surface area contributed by atoms with Gasteiger partial charge in [0.15, 0.2) is 0 Å². The van der Waals surface area contributed by atoms with Crippen LogP contribution in [0.4, 0.5) is 0 Å². The second-order valence-corrected chi connectivity index (χ2v) is 3.12. The fraction of sp³-hybridized carbons (Fsp3) is 0.818. The predicted molar refractivity (Wildman–Crippen MR) is 52.8 cm³/mol. The SMILES string of the molecule is CC/C=C(/CCC)CCCC. The van der Waals surface area contributed by atoms with E-state index in [2.05, 4.69) is 26.8 Å². The molecule has 0 unspecified atom stereocenters. The summed E-state index contributed by atoms with van der Waals surface area (Å²) in [5.74, 6) is 0. The van der Waals surface area contributed by atoms with E-state index in [-0.39, 0.29) is 0 Å². The molecule has 0 radical (unpaired) electrons. The van der Waals surface area contributed by atoms with Gasteiger partial charge in [-0.05, 0) is 25.7 Å². The fourth-order valence-corrected chi connectivity index (χ4v) is 1.34. The number of hydrogen-bond donors (Lipinski definition) is 0. The monoisotopic (exact) mass is 154 g/mol. The van der Waals surface area contributed by atoms with Crippen molar-refractivity contribution >= 4 is 0 Å². The van der Waals surface area contributed by atoms with Crippen molar-refractivity contribution in [1.29, 1.82) is 0 Å². The van der Waals surface area contributed by atoms with Gasteiger partial charge in [0.2, 0.25) is 0 Å². The van der Waals surface area contributed by atoms with Crippen molar-refractivity contribution in [2.45, 2.75) is 59.3 Å². The molecule has 0 N–H and O–H groups in total. The molecule has 66 valence electrons. The Balaban J connectivity index is 3.60. The zero-order valence-electron chi connectivity index (χ0n) is 8.32. The Bertz CT molecular complexity index is 101. The molecule has 0 saturated heterocycles. The molecule has 0 aromatic carbocycles. The normalized spacial score (nSPS) is 12.1. The lowest BCUT2D eigenvalue weighted by Crippen LogP contribution is -1.83. The van der Waals surface area contributed by atoms with Crippen LogP contribution >= 0.6 is 0 Å². The van der Waals surface area contributed by atoms with Gasteiger partial charge in [0.05, 0.1) is 0 Å². The van der Waals surface area contributed by atoms with Gasteiger partial charge in [-0.3, -0.25) is 0 Å². The summed E-state index contributed by atoms with van der Waals surface area (Å²) in [7, 11) is 0. The summed E-state index contributed by atoms with van der Waals surface area (Å²) < 4.78 is 0. The minimum atomic E-state index is 1.21. The first kappa shape index (κ1) is 10.7. The molecule has 0 aliphatic heterocycles. The zero-order valence-corrected chi connectivity index (χ0v) is 8.32. The highest BCUT2D eigenvalue weighted by Crippen LogP contribution is 2.13. The second kappa shape index (κ2) is 7.84. The third-order valence-electron chi connectivity index (χ3n) is 1.92. The minimum absolute atomic E-state index is 1.21. The van der Waals surface area contributed by atoms with E-state index in [4.69, 9.17) is 0 Å². The van der Waals surface area contributed by atoms with Gasteiger partial charge in [0.25, 0.3) is 0 Å². The molecule has 0 spiro atoms. The summed E-state index contributed by atoms with van der Waals surface area (Å²) in [6.07, 6.45) is 10.2. The first-order valence-corrected chi connectivity index (χ1v) is 5.03. The third-order valence-corrected chi connectivity index (χ3v) is 1.92. The van der Waals surface area contributed by atoms with Gasteiger partial charge in [-0.15, -0.1) is 0 Å². The van der Waals surface area contributed by atoms with Crippen LogP contribution in [0, 0.1) is 0 Å². The smallest absolute Gasteiger partial charge is 0.0320 e. The van der Waals surface area contributed by atoms with Gasteiger partial charge >= 0.3 is 0 Å². The van der Waals surface area contributed by atoms with Crippen LogP contribution in [-0.4, -0.2) is 0 Å². The molecule has 0 fully saturated rings. The van der Waals surface area contributed by atoms with Gasteiger partial charge in [0, 0.05) is 0 Å². The van der Waals surface area contributed by atoms with E-state index in [9.17, 15) is 0 Å². The topological polar surface area (TPSA) is 0 Å². The molecule has 0 saturated carbocycles. The van der Waals surface area contributed by atoms with E-state index in [1.165, 1.54) is 38.5 Å². The van der Waals surface area contributed by atoms with E-state index in [1.54, 1.807) is 5.57 Å². The second-order valence-electron chi connectivity index (χ2n) is 3.12. The van der Waals surface area contributed by atoms with Gasteiger partial charge in [0.1, 0.15) is 0 Å². The van der Waals surface area contributed by atoms with Gasteiger partial charge < -0.3 is 0 Å². The first-order chi connectivity index (χ1) is 5.35. The Morgan fingerprint density at radius 3 is 2.18 bits per heavy atom. The maximum absolute atomic E-state index is 2.40. The maximum Gasteiger partial charge on any atom is -0.0320 e. The predicted octanol–water partition coefficient (Wildman–Crippen LogP) is 4.31. The van der Waals surface area contributed by atoms with Crippen molar-refractivity contribution in [3.05, 3.63) is 11.6 Å². The highest BCUT2D eigenvalue weighted by Gasteiger charge is 1.93. The molecule has 0 aliphatic carbocycles. The summed E-state index contributed by atoms with van der Waals surface area (Å²) in [4.78, 5) is 0. The quantitative estimate of drug-likeness (QED) is 0.500. The lowest BCUT2D eigenvalue weighted by Gasteiger charge is -2.03. The molecule has 0 aromatic rings. The number of allylic oxidation sites excluding steroid dienone is 2. The van der Waals surface area contributed by atoms with Crippen molar-refractivity contribution in [1.82, 2.24) is 0 Å². The number of hydrogen-bond acceptors (Lipinski definition) is 0. The molecular formula is C11H22. The Morgan fingerprint density at radius 1 is 1.00 bits per heavy atom. The van der Waals surface area contributed by atoms with Gasteiger partial charge in [-0.2, -0.15) is 0 Å². The molecule has 0 nitrogen and oxygen atoms in total. The molecule has 0 atom stereocenters. The Morgan fingerprint density at radius 2 is 1.73 bits per heavy atom. The molecule has 0 bridgehead atoms. The van der Waals surface area contributed by atoms with E-state index < -0.39 is 0 Å². The van der Waals surface area contributed by atoms with Crippen LogP contribution in [0.25, 0.3) is 0 Å².